The number of halogens is 1. The van der Waals surface area contributed by atoms with Crippen LogP contribution in [0.2, 0.25) is 0 Å². The monoisotopic (exact) mass is 281 g/mol. The maximum Gasteiger partial charge on any atom is 0.134 e. The number of benzene rings is 2. The maximum absolute atomic E-state index is 13.5. The van der Waals surface area contributed by atoms with Crippen LogP contribution in [0.25, 0.3) is 11.0 Å². The molecule has 1 aliphatic rings. The quantitative estimate of drug-likeness (QED) is 0.666. The third kappa shape index (κ3) is 2.14. The Bertz CT molecular complexity index is 808. The van der Waals surface area contributed by atoms with Crippen molar-refractivity contribution in [3.63, 3.8) is 0 Å². The molecule has 0 amide bonds. The molecule has 0 saturated carbocycles. The maximum atomic E-state index is 13.5. The molecule has 0 aliphatic carbocycles. The molecule has 0 N–H and O–H groups in total. The second-order valence-corrected chi connectivity index (χ2v) is 5.81. The summed E-state index contributed by atoms with van der Waals surface area (Å²) in [5.41, 5.74) is 4.43. The molecule has 0 spiro atoms. The van der Waals surface area contributed by atoms with E-state index in [9.17, 15) is 4.39 Å². The molecule has 0 bridgehead atoms. The van der Waals surface area contributed by atoms with Gasteiger partial charge in [0.15, 0.2) is 0 Å². The van der Waals surface area contributed by atoms with Gasteiger partial charge in [-0.05, 0) is 48.0 Å². The fourth-order valence-corrected chi connectivity index (χ4v) is 3.29. The highest BCUT2D eigenvalue weighted by Crippen LogP contribution is 2.34. The fourth-order valence-electron chi connectivity index (χ4n) is 3.29. The van der Waals surface area contributed by atoms with Crippen LogP contribution in [-0.2, 0) is 6.54 Å². The van der Waals surface area contributed by atoms with Crippen molar-refractivity contribution in [3.8, 4) is 0 Å². The van der Waals surface area contributed by atoms with Gasteiger partial charge in [0.25, 0.3) is 0 Å². The van der Waals surface area contributed by atoms with Gasteiger partial charge in [-0.1, -0.05) is 18.2 Å². The van der Waals surface area contributed by atoms with Crippen molar-refractivity contribution in [1.82, 2.24) is 4.90 Å². The first-order valence-corrected chi connectivity index (χ1v) is 7.15. The number of nitrogens with zero attached hydrogens (tertiary/aromatic N) is 1. The number of fused-ring (bicyclic) bond motifs is 2. The summed E-state index contributed by atoms with van der Waals surface area (Å²) in [6.07, 6.45) is 1.71. The average molecular weight is 281 g/mol. The third-order valence-electron chi connectivity index (χ3n) is 4.30. The zero-order chi connectivity index (χ0) is 14.4. The molecule has 2 heterocycles. The third-order valence-corrected chi connectivity index (χ3v) is 4.30. The summed E-state index contributed by atoms with van der Waals surface area (Å²) < 4.78 is 19.0. The van der Waals surface area contributed by atoms with Crippen molar-refractivity contribution in [1.29, 1.82) is 0 Å². The summed E-state index contributed by atoms with van der Waals surface area (Å²) in [5, 5.41) is 1.11. The zero-order valence-electron chi connectivity index (χ0n) is 11.8. The van der Waals surface area contributed by atoms with Gasteiger partial charge in [-0.3, -0.25) is 0 Å². The standard InChI is InChI=1S/C18H16FNO/c1-20-10-14-8-15(19)4-5-16(14)17(11-20)13-3-2-12-6-7-21-18(12)9-13/h2-9,17H,10-11H2,1H3. The molecule has 0 radical (unpaired) electrons. The van der Waals surface area contributed by atoms with E-state index in [0.29, 0.717) is 0 Å². The highest BCUT2D eigenvalue weighted by Gasteiger charge is 2.25. The molecule has 2 aromatic carbocycles. The topological polar surface area (TPSA) is 16.4 Å². The minimum Gasteiger partial charge on any atom is -0.464 e. The highest BCUT2D eigenvalue weighted by atomic mass is 19.1. The first-order valence-electron chi connectivity index (χ1n) is 7.15. The lowest BCUT2D eigenvalue weighted by Crippen LogP contribution is -2.31. The Morgan fingerprint density at radius 2 is 2.05 bits per heavy atom. The van der Waals surface area contributed by atoms with Crippen LogP contribution in [0.15, 0.2) is 53.1 Å². The van der Waals surface area contributed by atoms with Crippen LogP contribution >= 0.6 is 0 Å². The van der Waals surface area contributed by atoms with Crippen molar-refractivity contribution in [2.24, 2.45) is 0 Å². The lowest BCUT2D eigenvalue weighted by atomic mass is 9.84. The Labute approximate surface area is 122 Å². The van der Waals surface area contributed by atoms with E-state index in [2.05, 4.69) is 30.1 Å². The van der Waals surface area contributed by atoms with Crippen molar-refractivity contribution in [2.75, 3.05) is 13.6 Å². The lowest BCUT2D eigenvalue weighted by Gasteiger charge is -2.32. The fraction of sp³-hybridized carbons (Fsp3) is 0.222. The van der Waals surface area contributed by atoms with E-state index in [1.165, 1.54) is 11.1 Å². The van der Waals surface area contributed by atoms with Crippen LogP contribution in [0, 0.1) is 5.82 Å². The molecule has 1 atom stereocenters. The van der Waals surface area contributed by atoms with Gasteiger partial charge in [-0.25, -0.2) is 4.39 Å². The van der Waals surface area contributed by atoms with E-state index >= 15 is 0 Å². The Hall–Kier alpha value is -2.13. The van der Waals surface area contributed by atoms with Gasteiger partial charge in [0, 0.05) is 24.4 Å². The Morgan fingerprint density at radius 1 is 1.14 bits per heavy atom. The molecule has 0 saturated heterocycles. The molecule has 4 rings (SSSR count). The molecule has 106 valence electrons. The second-order valence-electron chi connectivity index (χ2n) is 5.81. The average Bonchev–Trinajstić information content (AvgIpc) is 2.93. The smallest absolute Gasteiger partial charge is 0.134 e. The number of hydrogen-bond acceptors (Lipinski definition) is 2. The number of furan rings is 1. The zero-order valence-corrected chi connectivity index (χ0v) is 11.8. The highest BCUT2D eigenvalue weighted by molar-refractivity contribution is 5.78. The van der Waals surface area contributed by atoms with Crippen molar-refractivity contribution in [2.45, 2.75) is 12.5 Å². The largest absolute Gasteiger partial charge is 0.464 e. The van der Waals surface area contributed by atoms with Gasteiger partial charge in [0.1, 0.15) is 11.4 Å². The van der Waals surface area contributed by atoms with Crippen LogP contribution in [0.4, 0.5) is 4.39 Å². The number of hydrogen-bond donors (Lipinski definition) is 0. The molecule has 3 heteroatoms. The molecular formula is C18H16FNO. The summed E-state index contributed by atoms with van der Waals surface area (Å²) in [5.74, 6) is 0.0955. The molecule has 0 fully saturated rings. The van der Waals surface area contributed by atoms with Crippen molar-refractivity contribution < 1.29 is 8.81 Å². The van der Waals surface area contributed by atoms with E-state index < -0.39 is 0 Å². The van der Waals surface area contributed by atoms with Gasteiger partial charge < -0.3 is 9.32 Å². The van der Waals surface area contributed by atoms with Crippen LogP contribution in [0.3, 0.4) is 0 Å². The first-order chi connectivity index (χ1) is 10.2. The van der Waals surface area contributed by atoms with Crippen LogP contribution in [-0.4, -0.2) is 18.5 Å². The Kier molecular flexibility index (Phi) is 2.82. The van der Waals surface area contributed by atoms with E-state index in [1.807, 2.05) is 12.1 Å². The predicted molar refractivity (Wildman–Crippen MR) is 80.8 cm³/mol. The summed E-state index contributed by atoms with van der Waals surface area (Å²) in [4.78, 5) is 2.23. The summed E-state index contributed by atoms with van der Waals surface area (Å²) >= 11 is 0. The lowest BCUT2D eigenvalue weighted by molar-refractivity contribution is 0.294. The van der Waals surface area contributed by atoms with Gasteiger partial charge >= 0.3 is 0 Å². The Balaban J connectivity index is 1.84. The molecule has 1 unspecified atom stereocenters. The van der Waals surface area contributed by atoms with E-state index in [4.69, 9.17) is 4.42 Å². The van der Waals surface area contributed by atoms with Gasteiger partial charge in [-0.15, -0.1) is 0 Å². The van der Waals surface area contributed by atoms with Crippen molar-refractivity contribution in [3.05, 3.63) is 71.2 Å². The summed E-state index contributed by atoms with van der Waals surface area (Å²) in [7, 11) is 2.08. The minimum atomic E-state index is -0.163. The van der Waals surface area contributed by atoms with Crippen molar-refractivity contribution >= 4 is 11.0 Å². The van der Waals surface area contributed by atoms with Gasteiger partial charge in [0.2, 0.25) is 0 Å². The number of rotatable bonds is 1. The minimum absolute atomic E-state index is 0.163. The molecular weight excluding hydrogens is 265 g/mol. The molecule has 21 heavy (non-hydrogen) atoms. The first kappa shape index (κ1) is 12.6. The molecule has 1 aromatic heterocycles. The van der Waals surface area contributed by atoms with E-state index in [0.717, 1.165) is 29.6 Å². The van der Waals surface area contributed by atoms with Crippen LogP contribution in [0.1, 0.15) is 22.6 Å². The number of likely N-dealkylation sites (N-methyl/N-ethyl adjacent to an activating group) is 1. The van der Waals surface area contributed by atoms with Crippen LogP contribution < -0.4 is 0 Å². The van der Waals surface area contributed by atoms with Gasteiger partial charge in [0.05, 0.1) is 6.26 Å². The van der Waals surface area contributed by atoms with E-state index in [1.54, 1.807) is 18.4 Å². The predicted octanol–water partition coefficient (Wildman–Crippen LogP) is 4.15. The van der Waals surface area contributed by atoms with Crippen LogP contribution in [0.5, 0.6) is 0 Å². The van der Waals surface area contributed by atoms with E-state index in [-0.39, 0.29) is 11.7 Å². The molecule has 1 aliphatic heterocycles. The summed E-state index contributed by atoms with van der Waals surface area (Å²) in [6.45, 7) is 1.73. The molecule has 2 nitrogen and oxygen atoms in total. The summed E-state index contributed by atoms with van der Waals surface area (Å²) in [6, 6.07) is 13.4. The second kappa shape index (κ2) is 4.71. The molecule has 3 aromatic rings. The Morgan fingerprint density at radius 3 is 2.95 bits per heavy atom. The van der Waals surface area contributed by atoms with Gasteiger partial charge in [-0.2, -0.15) is 0 Å². The SMILES string of the molecule is CN1Cc2cc(F)ccc2C(c2ccc3ccoc3c2)C1. The normalized spacial score (nSPS) is 18.9.